The van der Waals surface area contributed by atoms with Crippen LogP contribution in [0, 0.1) is 18.8 Å². The Morgan fingerprint density at radius 2 is 2.07 bits per heavy atom. The molecular formula is C23H35N3O2. The number of carbonyl (C=O) groups is 2. The van der Waals surface area contributed by atoms with Gasteiger partial charge in [-0.05, 0) is 94.6 Å². The van der Waals surface area contributed by atoms with Crippen molar-refractivity contribution in [2.45, 2.75) is 65.3 Å². The predicted octanol–water partition coefficient (Wildman–Crippen LogP) is 3.97. The standard InChI is InChI=1S/C23H35N3O2/c1-16(20-8-6-11-24-15-20)14-22(27)25-21-10-9-19(13-17(21)2)23(28)26-12-5-4-7-18(26)3/h9-10,13,16,18,20,24H,4-8,11-12,14-15H2,1-3H3,(H,25,27). The summed E-state index contributed by atoms with van der Waals surface area (Å²) in [5.74, 6) is 1.11. The number of benzene rings is 1. The van der Waals surface area contributed by atoms with Crippen molar-refractivity contribution in [2.24, 2.45) is 11.8 Å². The summed E-state index contributed by atoms with van der Waals surface area (Å²) in [4.78, 5) is 27.4. The molecule has 1 aromatic carbocycles. The van der Waals surface area contributed by atoms with E-state index in [1.165, 1.54) is 19.3 Å². The fourth-order valence-corrected chi connectivity index (χ4v) is 4.53. The van der Waals surface area contributed by atoms with Crippen LogP contribution in [0.25, 0.3) is 0 Å². The highest BCUT2D eigenvalue weighted by molar-refractivity contribution is 5.96. The lowest BCUT2D eigenvalue weighted by Crippen LogP contribution is -2.42. The summed E-state index contributed by atoms with van der Waals surface area (Å²) in [7, 11) is 0. The van der Waals surface area contributed by atoms with Gasteiger partial charge < -0.3 is 15.5 Å². The third-order valence-corrected chi connectivity index (χ3v) is 6.46. The largest absolute Gasteiger partial charge is 0.336 e. The van der Waals surface area contributed by atoms with Crippen molar-refractivity contribution < 1.29 is 9.59 Å². The van der Waals surface area contributed by atoms with Crippen LogP contribution in [-0.2, 0) is 4.79 Å². The summed E-state index contributed by atoms with van der Waals surface area (Å²) < 4.78 is 0. The minimum Gasteiger partial charge on any atom is -0.336 e. The summed E-state index contributed by atoms with van der Waals surface area (Å²) in [6.45, 7) is 9.20. The Kier molecular flexibility index (Phi) is 7.11. The summed E-state index contributed by atoms with van der Waals surface area (Å²) in [6.07, 6.45) is 6.29. The lowest BCUT2D eigenvalue weighted by atomic mass is 9.85. The molecule has 5 nitrogen and oxygen atoms in total. The smallest absolute Gasteiger partial charge is 0.254 e. The molecule has 0 radical (unpaired) electrons. The van der Waals surface area contributed by atoms with Crippen molar-refractivity contribution in [3.05, 3.63) is 29.3 Å². The van der Waals surface area contributed by atoms with Crippen LogP contribution in [0.15, 0.2) is 18.2 Å². The van der Waals surface area contributed by atoms with Gasteiger partial charge in [0.25, 0.3) is 5.91 Å². The van der Waals surface area contributed by atoms with E-state index < -0.39 is 0 Å². The van der Waals surface area contributed by atoms with Gasteiger partial charge in [-0.25, -0.2) is 0 Å². The highest BCUT2D eigenvalue weighted by Crippen LogP contribution is 2.25. The van der Waals surface area contributed by atoms with E-state index in [0.29, 0.717) is 29.9 Å². The van der Waals surface area contributed by atoms with Crippen molar-refractivity contribution in [2.75, 3.05) is 25.0 Å². The zero-order chi connectivity index (χ0) is 20.1. The SMILES string of the molecule is Cc1cc(C(=O)N2CCCCC2C)ccc1NC(=O)CC(C)C1CCCNC1. The summed E-state index contributed by atoms with van der Waals surface area (Å²) in [6, 6.07) is 5.94. The Bertz CT molecular complexity index is 697. The number of hydrogen-bond acceptors (Lipinski definition) is 3. The minimum atomic E-state index is 0.0601. The number of aryl methyl sites for hydroxylation is 1. The molecule has 2 saturated heterocycles. The zero-order valence-corrected chi connectivity index (χ0v) is 17.6. The maximum Gasteiger partial charge on any atom is 0.254 e. The third-order valence-electron chi connectivity index (χ3n) is 6.46. The van der Waals surface area contributed by atoms with Gasteiger partial charge in [-0.1, -0.05) is 6.92 Å². The Morgan fingerprint density at radius 3 is 2.75 bits per heavy atom. The molecule has 154 valence electrons. The fraction of sp³-hybridized carbons (Fsp3) is 0.652. The minimum absolute atomic E-state index is 0.0601. The number of likely N-dealkylation sites (tertiary alicyclic amines) is 1. The number of rotatable bonds is 5. The van der Waals surface area contributed by atoms with Crippen molar-refractivity contribution in [3.63, 3.8) is 0 Å². The van der Waals surface area contributed by atoms with Gasteiger partial charge in [0.1, 0.15) is 0 Å². The molecule has 2 aliphatic heterocycles. The van der Waals surface area contributed by atoms with Crippen LogP contribution < -0.4 is 10.6 Å². The fourth-order valence-electron chi connectivity index (χ4n) is 4.53. The number of anilines is 1. The number of nitrogens with one attached hydrogen (secondary N) is 2. The highest BCUT2D eigenvalue weighted by Gasteiger charge is 2.25. The normalized spacial score (nSPS) is 23.9. The Labute approximate surface area is 169 Å². The molecule has 0 aromatic heterocycles. The number of carbonyl (C=O) groups excluding carboxylic acids is 2. The van der Waals surface area contributed by atoms with Crippen LogP contribution in [0.3, 0.4) is 0 Å². The molecule has 0 bridgehead atoms. The Hall–Kier alpha value is -1.88. The second kappa shape index (κ2) is 9.55. The first-order valence-corrected chi connectivity index (χ1v) is 10.9. The van der Waals surface area contributed by atoms with Gasteiger partial charge in [0.2, 0.25) is 5.91 Å². The van der Waals surface area contributed by atoms with Crippen LogP contribution in [-0.4, -0.2) is 42.4 Å². The van der Waals surface area contributed by atoms with Gasteiger partial charge in [-0.15, -0.1) is 0 Å². The van der Waals surface area contributed by atoms with E-state index in [0.717, 1.165) is 43.7 Å². The average molecular weight is 386 g/mol. The first-order chi connectivity index (χ1) is 13.5. The molecule has 5 heteroatoms. The molecule has 2 N–H and O–H groups in total. The molecule has 2 aliphatic rings. The van der Waals surface area contributed by atoms with Crippen molar-refractivity contribution >= 4 is 17.5 Å². The quantitative estimate of drug-likeness (QED) is 0.806. The Morgan fingerprint density at radius 1 is 1.25 bits per heavy atom. The van der Waals surface area contributed by atoms with Gasteiger partial charge in [-0.3, -0.25) is 9.59 Å². The molecule has 3 unspecified atom stereocenters. The van der Waals surface area contributed by atoms with Crippen LogP contribution in [0.1, 0.15) is 68.3 Å². The van der Waals surface area contributed by atoms with Crippen LogP contribution >= 0.6 is 0 Å². The third kappa shape index (κ3) is 5.13. The van der Waals surface area contributed by atoms with Crippen molar-refractivity contribution in [3.8, 4) is 0 Å². The lowest BCUT2D eigenvalue weighted by molar-refractivity contribution is -0.117. The van der Waals surface area contributed by atoms with E-state index in [2.05, 4.69) is 24.5 Å². The highest BCUT2D eigenvalue weighted by atomic mass is 16.2. The van der Waals surface area contributed by atoms with Gasteiger partial charge in [0.05, 0.1) is 0 Å². The van der Waals surface area contributed by atoms with E-state index in [9.17, 15) is 9.59 Å². The lowest BCUT2D eigenvalue weighted by Gasteiger charge is -2.33. The van der Waals surface area contributed by atoms with Crippen LogP contribution in [0.4, 0.5) is 5.69 Å². The summed E-state index contributed by atoms with van der Waals surface area (Å²) in [5.41, 5.74) is 2.46. The maximum absolute atomic E-state index is 12.8. The molecule has 3 atom stereocenters. The molecule has 2 heterocycles. The molecule has 28 heavy (non-hydrogen) atoms. The summed E-state index contributed by atoms with van der Waals surface area (Å²) in [5, 5.41) is 6.48. The zero-order valence-electron chi connectivity index (χ0n) is 17.6. The molecular weight excluding hydrogens is 350 g/mol. The van der Waals surface area contributed by atoms with E-state index in [4.69, 9.17) is 0 Å². The molecule has 3 rings (SSSR count). The number of hydrogen-bond donors (Lipinski definition) is 2. The molecule has 2 amide bonds. The Balaban J connectivity index is 1.59. The molecule has 0 aliphatic carbocycles. The maximum atomic E-state index is 12.8. The van der Waals surface area contributed by atoms with Crippen molar-refractivity contribution in [1.82, 2.24) is 10.2 Å². The topological polar surface area (TPSA) is 61.4 Å². The van der Waals surface area contributed by atoms with Gasteiger partial charge in [0, 0.05) is 30.3 Å². The molecule has 0 saturated carbocycles. The van der Waals surface area contributed by atoms with Crippen LogP contribution in [0.2, 0.25) is 0 Å². The van der Waals surface area contributed by atoms with E-state index >= 15 is 0 Å². The average Bonchev–Trinajstić information content (AvgIpc) is 2.70. The second-order valence-electron chi connectivity index (χ2n) is 8.71. The van der Waals surface area contributed by atoms with Gasteiger partial charge in [0.15, 0.2) is 0 Å². The monoisotopic (exact) mass is 385 g/mol. The molecule has 1 aromatic rings. The van der Waals surface area contributed by atoms with Gasteiger partial charge >= 0.3 is 0 Å². The second-order valence-corrected chi connectivity index (χ2v) is 8.71. The number of nitrogens with zero attached hydrogens (tertiary/aromatic N) is 1. The predicted molar refractivity (Wildman–Crippen MR) is 114 cm³/mol. The molecule has 0 spiro atoms. The van der Waals surface area contributed by atoms with E-state index in [-0.39, 0.29) is 11.8 Å². The summed E-state index contributed by atoms with van der Waals surface area (Å²) >= 11 is 0. The molecule has 2 fully saturated rings. The number of amides is 2. The van der Waals surface area contributed by atoms with Crippen molar-refractivity contribution in [1.29, 1.82) is 0 Å². The first kappa shape index (κ1) is 20.8. The number of piperidine rings is 2. The van der Waals surface area contributed by atoms with E-state index in [1.807, 2.05) is 30.0 Å². The van der Waals surface area contributed by atoms with Crippen LogP contribution in [0.5, 0.6) is 0 Å². The first-order valence-electron chi connectivity index (χ1n) is 10.9. The van der Waals surface area contributed by atoms with E-state index in [1.54, 1.807) is 0 Å². The van der Waals surface area contributed by atoms with Gasteiger partial charge in [-0.2, -0.15) is 0 Å².